The van der Waals surface area contributed by atoms with Gasteiger partial charge in [0, 0.05) is 11.8 Å². The number of H-pyrrole nitrogens is 1. The first-order valence-corrected chi connectivity index (χ1v) is 6.91. The van der Waals surface area contributed by atoms with Crippen molar-refractivity contribution in [2.45, 2.75) is 26.6 Å². The van der Waals surface area contributed by atoms with E-state index in [-0.39, 0.29) is 12.5 Å². The Bertz CT molecular complexity index is 696. The second-order valence-corrected chi connectivity index (χ2v) is 5.06. The molecular formula is C16H16F3N3O. The van der Waals surface area contributed by atoms with E-state index in [4.69, 9.17) is 0 Å². The van der Waals surface area contributed by atoms with Crippen LogP contribution >= 0.6 is 0 Å². The molecule has 0 unspecified atom stereocenters. The highest BCUT2D eigenvalue weighted by Gasteiger charge is 2.29. The van der Waals surface area contributed by atoms with Gasteiger partial charge in [0.15, 0.2) is 0 Å². The van der Waals surface area contributed by atoms with Gasteiger partial charge in [-0.15, -0.1) is 0 Å². The molecular weight excluding hydrogens is 307 g/mol. The van der Waals surface area contributed by atoms with Crippen LogP contribution in [0.5, 0.6) is 0 Å². The van der Waals surface area contributed by atoms with E-state index in [2.05, 4.69) is 15.3 Å². The Balaban J connectivity index is 1.90. The maximum Gasteiger partial charge on any atom is 0.416 e. The Morgan fingerprint density at radius 3 is 2.43 bits per heavy atom. The number of aromatic nitrogens is 2. The predicted octanol–water partition coefficient (Wildman–Crippen LogP) is 3.37. The summed E-state index contributed by atoms with van der Waals surface area (Å²) in [6.07, 6.45) is -1.64. The summed E-state index contributed by atoms with van der Waals surface area (Å²) < 4.78 is 37.3. The lowest BCUT2D eigenvalue weighted by Gasteiger charge is -2.05. The summed E-state index contributed by atoms with van der Waals surface area (Å²) in [5.41, 5.74) is 1.60. The van der Waals surface area contributed by atoms with Gasteiger partial charge >= 0.3 is 6.18 Å². The van der Waals surface area contributed by atoms with Gasteiger partial charge in [-0.25, -0.2) is 4.98 Å². The average Bonchev–Trinajstić information content (AvgIpc) is 2.81. The van der Waals surface area contributed by atoms with Crippen molar-refractivity contribution >= 4 is 12.0 Å². The van der Waals surface area contributed by atoms with Gasteiger partial charge < -0.3 is 10.3 Å². The minimum Gasteiger partial charge on any atom is -0.345 e. The van der Waals surface area contributed by atoms with Crippen LogP contribution in [0.3, 0.4) is 0 Å². The number of carbonyl (C=O) groups excluding carboxylic acids is 1. The number of halogens is 3. The zero-order valence-corrected chi connectivity index (χ0v) is 12.7. The van der Waals surface area contributed by atoms with Gasteiger partial charge in [0.2, 0.25) is 5.91 Å². The quantitative estimate of drug-likeness (QED) is 0.848. The number of aryl methyl sites for hydroxylation is 2. The van der Waals surface area contributed by atoms with Crippen molar-refractivity contribution in [3.05, 3.63) is 58.7 Å². The molecule has 2 N–H and O–H groups in total. The van der Waals surface area contributed by atoms with Crippen molar-refractivity contribution in [2.24, 2.45) is 0 Å². The molecule has 122 valence electrons. The van der Waals surface area contributed by atoms with Crippen LogP contribution in [0.15, 0.2) is 30.3 Å². The number of alkyl halides is 3. The fourth-order valence-corrected chi connectivity index (χ4v) is 1.89. The highest BCUT2D eigenvalue weighted by atomic mass is 19.4. The summed E-state index contributed by atoms with van der Waals surface area (Å²) in [6.45, 7) is 4.00. The monoisotopic (exact) mass is 323 g/mol. The van der Waals surface area contributed by atoms with Crippen LogP contribution in [0.25, 0.3) is 6.08 Å². The number of hydrogen-bond acceptors (Lipinski definition) is 2. The Morgan fingerprint density at radius 2 is 1.91 bits per heavy atom. The number of carbonyl (C=O) groups is 1. The largest absolute Gasteiger partial charge is 0.416 e. The molecule has 1 amide bonds. The van der Waals surface area contributed by atoms with Gasteiger partial charge in [-0.05, 0) is 37.6 Å². The van der Waals surface area contributed by atoms with Crippen molar-refractivity contribution < 1.29 is 18.0 Å². The number of amides is 1. The van der Waals surface area contributed by atoms with Crippen LogP contribution in [0.4, 0.5) is 13.2 Å². The molecule has 2 aromatic rings. The molecule has 0 radical (unpaired) electrons. The topological polar surface area (TPSA) is 57.8 Å². The minimum atomic E-state index is -4.36. The molecule has 0 atom stereocenters. The molecule has 1 heterocycles. The molecule has 1 aromatic carbocycles. The molecule has 0 bridgehead atoms. The third-order valence-corrected chi connectivity index (χ3v) is 3.27. The lowest BCUT2D eigenvalue weighted by Crippen LogP contribution is -2.20. The molecule has 0 saturated carbocycles. The lowest BCUT2D eigenvalue weighted by atomic mass is 10.1. The summed E-state index contributed by atoms with van der Waals surface area (Å²) in [5.74, 6) is 0.299. The highest BCUT2D eigenvalue weighted by molar-refractivity contribution is 5.91. The van der Waals surface area contributed by atoms with Gasteiger partial charge in [0.1, 0.15) is 5.82 Å². The second-order valence-electron chi connectivity index (χ2n) is 5.06. The van der Waals surface area contributed by atoms with E-state index in [1.807, 2.05) is 13.8 Å². The smallest absolute Gasteiger partial charge is 0.345 e. The summed E-state index contributed by atoms with van der Waals surface area (Å²) in [5, 5.41) is 2.65. The molecule has 0 saturated heterocycles. The molecule has 0 aliphatic heterocycles. The molecule has 0 spiro atoms. The maximum absolute atomic E-state index is 12.4. The Kier molecular flexibility index (Phi) is 4.88. The molecule has 23 heavy (non-hydrogen) atoms. The van der Waals surface area contributed by atoms with Gasteiger partial charge in [-0.3, -0.25) is 4.79 Å². The number of benzene rings is 1. The Morgan fingerprint density at radius 1 is 1.26 bits per heavy atom. The van der Waals surface area contributed by atoms with Crippen molar-refractivity contribution in [3.8, 4) is 0 Å². The fraction of sp³-hybridized carbons (Fsp3) is 0.250. The number of hydrogen-bond donors (Lipinski definition) is 2. The molecule has 4 nitrogen and oxygen atoms in total. The van der Waals surface area contributed by atoms with Gasteiger partial charge in [-0.2, -0.15) is 13.2 Å². The first kappa shape index (κ1) is 16.8. The second kappa shape index (κ2) is 6.68. The van der Waals surface area contributed by atoms with Gasteiger partial charge in [-0.1, -0.05) is 12.1 Å². The minimum absolute atomic E-state index is 0.255. The maximum atomic E-state index is 12.4. The Hall–Kier alpha value is -2.57. The van der Waals surface area contributed by atoms with Gasteiger partial charge in [0.25, 0.3) is 0 Å². The summed E-state index contributed by atoms with van der Waals surface area (Å²) in [7, 11) is 0. The standard InChI is InChI=1S/C16H16F3N3O/c1-10-11(2)22-14(21-10)9-20-15(23)8-5-12-3-6-13(7-4-12)16(17,18)19/h3-8H,9H2,1-2H3,(H,20,23)(H,21,22)/b8-5+. The number of aromatic amines is 1. The van der Waals surface area contributed by atoms with Gasteiger partial charge in [0.05, 0.1) is 17.8 Å². The molecule has 7 heteroatoms. The molecule has 1 aromatic heterocycles. The van der Waals surface area contributed by atoms with E-state index >= 15 is 0 Å². The number of imidazole rings is 1. The number of rotatable bonds is 4. The summed E-state index contributed by atoms with van der Waals surface area (Å²) >= 11 is 0. The van der Waals surface area contributed by atoms with Crippen molar-refractivity contribution in [1.82, 2.24) is 15.3 Å². The first-order chi connectivity index (χ1) is 10.8. The summed E-state index contributed by atoms with van der Waals surface area (Å²) in [4.78, 5) is 19.0. The van der Waals surface area contributed by atoms with Crippen LogP contribution < -0.4 is 5.32 Å². The van der Waals surface area contributed by atoms with E-state index in [0.29, 0.717) is 11.4 Å². The number of nitrogens with one attached hydrogen (secondary N) is 2. The third kappa shape index (κ3) is 4.70. The Labute approximate surface area is 131 Å². The first-order valence-electron chi connectivity index (χ1n) is 6.91. The lowest BCUT2D eigenvalue weighted by molar-refractivity contribution is -0.137. The predicted molar refractivity (Wildman–Crippen MR) is 80.4 cm³/mol. The SMILES string of the molecule is Cc1nc(CNC(=O)/C=C/c2ccc(C(F)(F)F)cc2)[nH]c1C. The van der Waals surface area contributed by atoms with Crippen LogP contribution in [0.2, 0.25) is 0 Å². The van der Waals surface area contributed by atoms with Crippen molar-refractivity contribution in [1.29, 1.82) is 0 Å². The van der Waals surface area contributed by atoms with Crippen LogP contribution in [-0.2, 0) is 17.5 Å². The molecule has 0 aliphatic carbocycles. The zero-order valence-electron chi connectivity index (χ0n) is 12.7. The van der Waals surface area contributed by atoms with Crippen LogP contribution in [0, 0.1) is 13.8 Å². The van der Waals surface area contributed by atoms with Crippen molar-refractivity contribution in [3.63, 3.8) is 0 Å². The normalized spacial score (nSPS) is 11.9. The number of nitrogens with zero attached hydrogens (tertiary/aromatic N) is 1. The van der Waals surface area contributed by atoms with Crippen LogP contribution in [0.1, 0.15) is 28.3 Å². The zero-order chi connectivity index (χ0) is 17.0. The van der Waals surface area contributed by atoms with E-state index in [1.165, 1.54) is 24.3 Å². The molecule has 2 rings (SSSR count). The molecule has 0 fully saturated rings. The van der Waals surface area contributed by atoms with Crippen molar-refractivity contribution in [2.75, 3.05) is 0 Å². The fourth-order valence-electron chi connectivity index (χ4n) is 1.89. The van der Waals surface area contributed by atoms with Crippen LogP contribution in [-0.4, -0.2) is 15.9 Å². The highest BCUT2D eigenvalue weighted by Crippen LogP contribution is 2.29. The van der Waals surface area contributed by atoms with E-state index < -0.39 is 11.7 Å². The van der Waals surface area contributed by atoms with E-state index in [1.54, 1.807) is 0 Å². The molecule has 0 aliphatic rings. The third-order valence-electron chi connectivity index (χ3n) is 3.27. The van der Waals surface area contributed by atoms with E-state index in [0.717, 1.165) is 23.5 Å². The average molecular weight is 323 g/mol. The summed E-state index contributed by atoms with van der Waals surface area (Å²) in [6, 6.07) is 4.58. The van der Waals surface area contributed by atoms with E-state index in [9.17, 15) is 18.0 Å².